The maximum absolute atomic E-state index is 12.1. The van der Waals surface area contributed by atoms with Crippen LogP contribution in [0.4, 0.5) is 0 Å². The van der Waals surface area contributed by atoms with Gasteiger partial charge in [-0.2, -0.15) is 0 Å². The molecule has 1 aliphatic rings. The van der Waals surface area contributed by atoms with Gasteiger partial charge in [0.25, 0.3) is 5.91 Å². The molecule has 1 aliphatic heterocycles. The summed E-state index contributed by atoms with van der Waals surface area (Å²) < 4.78 is 5.42. The lowest BCUT2D eigenvalue weighted by molar-refractivity contribution is -0.137. The number of hydrogen-bond acceptors (Lipinski definition) is 4. The zero-order chi connectivity index (χ0) is 15.2. The molecule has 2 rings (SSSR count). The molecule has 0 saturated carbocycles. The lowest BCUT2D eigenvalue weighted by Gasteiger charge is -2.31. The molecule has 0 unspecified atom stereocenters. The first kappa shape index (κ1) is 15.6. The van der Waals surface area contributed by atoms with Crippen molar-refractivity contribution < 1.29 is 14.3 Å². The largest absolute Gasteiger partial charge is 0.482 e. The third-order valence-electron chi connectivity index (χ3n) is 3.55. The van der Waals surface area contributed by atoms with Gasteiger partial charge in [0, 0.05) is 19.0 Å². The minimum Gasteiger partial charge on any atom is -0.482 e. The monoisotopic (exact) mass is 311 g/mol. The van der Waals surface area contributed by atoms with E-state index in [1.807, 2.05) is 0 Å². The van der Waals surface area contributed by atoms with Crippen molar-refractivity contribution in [1.82, 2.24) is 10.3 Å². The van der Waals surface area contributed by atoms with Gasteiger partial charge in [-0.1, -0.05) is 23.7 Å². The van der Waals surface area contributed by atoms with Crippen LogP contribution in [0.15, 0.2) is 24.3 Å². The van der Waals surface area contributed by atoms with E-state index in [2.05, 4.69) is 5.43 Å². The fraction of sp³-hybridized carbons (Fsp3) is 0.429. The second-order valence-corrected chi connectivity index (χ2v) is 5.29. The maximum atomic E-state index is 12.1. The normalized spacial score (nSPS) is 15.6. The average Bonchev–Trinajstić information content (AvgIpc) is 2.53. The molecule has 114 valence electrons. The number of benzene rings is 1. The molecule has 7 heteroatoms. The van der Waals surface area contributed by atoms with Gasteiger partial charge in [-0.3, -0.25) is 15.0 Å². The summed E-state index contributed by atoms with van der Waals surface area (Å²) in [4.78, 5) is 25.2. The molecule has 0 atom stereocenters. The number of amides is 2. The van der Waals surface area contributed by atoms with Gasteiger partial charge in [0.2, 0.25) is 5.91 Å². The molecule has 21 heavy (non-hydrogen) atoms. The molecule has 0 bridgehead atoms. The third kappa shape index (κ3) is 4.09. The van der Waals surface area contributed by atoms with E-state index in [1.165, 1.54) is 0 Å². The smallest absolute Gasteiger partial charge is 0.260 e. The van der Waals surface area contributed by atoms with Crippen LogP contribution < -0.4 is 16.0 Å². The van der Waals surface area contributed by atoms with Crippen molar-refractivity contribution in [2.24, 2.45) is 11.8 Å². The molecule has 0 aliphatic carbocycles. The van der Waals surface area contributed by atoms with E-state index in [0.717, 1.165) is 0 Å². The molecule has 2 amide bonds. The lowest BCUT2D eigenvalue weighted by Crippen LogP contribution is -2.45. The van der Waals surface area contributed by atoms with E-state index in [0.29, 0.717) is 36.7 Å². The van der Waals surface area contributed by atoms with Crippen molar-refractivity contribution in [3.8, 4) is 5.75 Å². The van der Waals surface area contributed by atoms with Crippen LogP contribution >= 0.6 is 11.6 Å². The highest BCUT2D eigenvalue weighted by Crippen LogP contribution is 2.23. The second kappa shape index (κ2) is 7.28. The molecule has 3 N–H and O–H groups in total. The van der Waals surface area contributed by atoms with Crippen LogP contribution in [0.5, 0.6) is 5.75 Å². The zero-order valence-electron chi connectivity index (χ0n) is 11.5. The van der Waals surface area contributed by atoms with Gasteiger partial charge in [0.05, 0.1) is 5.02 Å². The van der Waals surface area contributed by atoms with Crippen LogP contribution in [0, 0.1) is 5.92 Å². The first-order valence-electron chi connectivity index (χ1n) is 6.77. The summed E-state index contributed by atoms with van der Waals surface area (Å²) in [5.74, 6) is 5.20. The highest BCUT2D eigenvalue weighted by atomic mass is 35.5. The molecule has 0 spiro atoms. The van der Waals surface area contributed by atoms with Gasteiger partial charge < -0.3 is 9.64 Å². The number of piperidine rings is 1. The van der Waals surface area contributed by atoms with Gasteiger partial charge in [-0.05, 0) is 25.0 Å². The maximum Gasteiger partial charge on any atom is 0.260 e. The van der Waals surface area contributed by atoms with Crippen molar-refractivity contribution in [3.05, 3.63) is 29.3 Å². The summed E-state index contributed by atoms with van der Waals surface area (Å²) in [5.41, 5.74) is 2.15. The standard InChI is InChI=1S/C14H18ClN3O3/c15-11-3-1-2-4-12(11)21-9-13(19)18-7-5-10(6-8-18)14(20)17-16/h1-4,10H,5-9,16H2,(H,17,20). The van der Waals surface area contributed by atoms with Crippen LogP contribution in [0.2, 0.25) is 5.02 Å². The number of nitrogens with two attached hydrogens (primary N) is 1. The second-order valence-electron chi connectivity index (χ2n) is 4.88. The van der Waals surface area contributed by atoms with E-state index >= 15 is 0 Å². The Balaban J connectivity index is 1.80. The van der Waals surface area contributed by atoms with Gasteiger partial charge in [-0.15, -0.1) is 0 Å². The average molecular weight is 312 g/mol. The quantitative estimate of drug-likeness (QED) is 0.492. The van der Waals surface area contributed by atoms with Crippen LogP contribution in [-0.4, -0.2) is 36.4 Å². The van der Waals surface area contributed by atoms with Crippen LogP contribution in [-0.2, 0) is 9.59 Å². The number of likely N-dealkylation sites (tertiary alicyclic amines) is 1. The predicted molar refractivity (Wildman–Crippen MR) is 78.6 cm³/mol. The van der Waals surface area contributed by atoms with Crippen LogP contribution in [0.1, 0.15) is 12.8 Å². The molecule has 1 aromatic rings. The molecule has 0 aromatic heterocycles. The molecule has 1 saturated heterocycles. The number of ether oxygens (including phenoxy) is 1. The fourth-order valence-electron chi connectivity index (χ4n) is 2.30. The molecular formula is C14H18ClN3O3. The SMILES string of the molecule is NNC(=O)C1CCN(C(=O)COc2ccccc2Cl)CC1. The Labute approximate surface area is 128 Å². The predicted octanol–water partition coefficient (Wildman–Crippen LogP) is 0.947. The number of nitrogens with one attached hydrogen (secondary N) is 1. The van der Waals surface area contributed by atoms with Crippen molar-refractivity contribution >= 4 is 23.4 Å². The highest BCUT2D eigenvalue weighted by molar-refractivity contribution is 6.32. The van der Waals surface area contributed by atoms with Gasteiger partial charge >= 0.3 is 0 Å². The number of carbonyl (C=O) groups is 2. The Morgan fingerprint density at radius 1 is 1.33 bits per heavy atom. The van der Waals surface area contributed by atoms with Crippen molar-refractivity contribution in [2.75, 3.05) is 19.7 Å². The number of carbonyl (C=O) groups excluding carboxylic acids is 2. The van der Waals surface area contributed by atoms with Crippen molar-refractivity contribution in [2.45, 2.75) is 12.8 Å². The Hall–Kier alpha value is -1.79. The Kier molecular flexibility index (Phi) is 5.41. The molecule has 6 nitrogen and oxygen atoms in total. The number of rotatable bonds is 4. The van der Waals surface area contributed by atoms with Gasteiger partial charge in [0.15, 0.2) is 6.61 Å². The van der Waals surface area contributed by atoms with E-state index < -0.39 is 0 Å². The molecule has 1 heterocycles. The third-order valence-corrected chi connectivity index (χ3v) is 3.86. The summed E-state index contributed by atoms with van der Waals surface area (Å²) >= 11 is 5.96. The van der Waals surface area contributed by atoms with E-state index in [4.69, 9.17) is 22.2 Å². The fourth-order valence-corrected chi connectivity index (χ4v) is 2.49. The number of nitrogens with zero attached hydrogens (tertiary/aromatic N) is 1. The first-order chi connectivity index (χ1) is 10.1. The van der Waals surface area contributed by atoms with Crippen molar-refractivity contribution in [1.29, 1.82) is 0 Å². The van der Waals surface area contributed by atoms with E-state index in [9.17, 15) is 9.59 Å². The lowest BCUT2D eigenvalue weighted by atomic mass is 9.96. The van der Waals surface area contributed by atoms with Crippen LogP contribution in [0.3, 0.4) is 0 Å². The number of para-hydroxylation sites is 1. The summed E-state index contributed by atoms with van der Waals surface area (Å²) in [6.07, 6.45) is 1.22. The first-order valence-corrected chi connectivity index (χ1v) is 7.15. The summed E-state index contributed by atoms with van der Waals surface area (Å²) in [6, 6.07) is 7.01. The minimum atomic E-state index is -0.172. The van der Waals surface area contributed by atoms with Crippen molar-refractivity contribution in [3.63, 3.8) is 0 Å². The summed E-state index contributed by atoms with van der Waals surface area (Å²) in [7, 11) is 0. The molecular weight excluding hydrogens is 294 g/mol. The van der Waals surface area contributed by atoms with Gasteiger partial charge in [-0.25, -0.2) is 5.84 Å². The Morgan fingerprint density at radius 2 is 2.00 bits per heavy atom. The molecule has 0 radical (unpaired) electrons. The summed E-state index contributed by atoms with van der Waals surface area (Å²) in [6.45, 7) is 1.00. The number of hydrazine groups is 1. The Bertz CT molecular complexity index is 516. The zero-order valence-corrected chi connectivity index (χ0v) is 12.3. The number of halogens is 1. The molecule has 1 aromatic carbocycles. The molecule has 1 fully saturated rings. The van der Waals surface area contributed by atoms with Crippen LogP contribution in [0.25, 0.3) is 0 Å². The van der Waals surface area contributed by atoms with Gasteiger partial charge in [0.1, 0.15) is 5.75 Å². The number of hydrogen-bond donors (Lipinski definition) is 2. The summed E-state index contributed by atoms with van der Waals surface area (Å²) in [5, 5.41) is 0.476. The topological polar surface area (TPSA) is 84.7 Å². The van der Waals surface area contributed by atoms with E-state index in [-0.39, 0.29) is 24.3 Å². The Morgan fingerprint density at radius 3 is 2.62 bits per heavy atom. The highest BCUT2D eigenvalue weighted by Gasteiger charge is 2.27. The van der Waals surface area contributed by atoms with E-state index in [1.54, 1.807) is 29.2 Å². The minimum absolute atomic E-state index is 0.0581.